The molecule has 0 saturated carbocycles. The molecule has 100 valence electrons. The van der Waals surface area contributed by atoms with E-state index in [1.54, 1.807) is 6.20 Å². The number of hydrogen-bond acceptors (Lipinski definition) is 2. The van der Waals surface area contributed by atoms with Gasteiger partial charge in [0.2, 0.25) is 0 Å². The summed E-state index contributed by atoms with van der Waals surface area (Å²) in [7, 11) is 0. The van der Waals surface area contributed by atoms with Crippen LogP contribution in [0.1, 0.15) is 23.1 Å². The molecule has 1 atom stereocenters. The molecule has 0 saturated heterocycles. The summed E-state index contributed by atoms with van der Waals surface area (Å²) in [4.78, 5) is 7.51. The van der Waals surface area contributed by atoms with Crippen molar-refractivity contribution in [3.05, 3.63) is 77.7 Å². The molecule has 1 aromatic heterocycles. The quantitative estimate of drug-likeness (QED) is 0.761. The Labute approximate surface area is 117 Å². The van der Waals surface area contributed by atoms with Crippen molar-refractivity contribution in [1.29, 1.82) is 0 Å². The predicted molar refractivity (Wildman–Crippen MR) is 79.3 cm³/mol. The summed E-state index contributed by atoms with van der Waals surface area (Å²) < 4.78 is 0. The molecule has 3 nitrogen and oxygen atoms in total. The third kappa shape index (κ3) is 2.36. The molecule has 1 unspecified atom stereocenters. The minimum atomic E-state index is -0.728. The van der Waals surface area contributed by atoms with Crippen LogP contribution in [0.4, 0.5) is 0 Å². The minimum Gasteiger partial charge on any atom is -0.380 e. The molecule has 0 aliphatic heterocycles. The second kappa shape index (κ2) is 5.31. The summed E-state index contributed by atoms with van der Waals surface area (Å²) in [6.45, 7) is 2.06. The number of aryl methyl sites for hydroxylation is 1. The highest BCUT2D eigenvalue weighted by molar-refractivity contribution is 5.62. The lowest BCUT2D eigenvalue weighted by molar-refractivity contribution is 0.211. The largest absolute Gasteiger partial charge is 0.380 e. The summed E-state index contributed by atoms with van der Waals surface area (Å²) in [5, 5.41) is 10.3. The topological polar surface area (TPSA) is 48.9 Å². The molecule has 1 heterocycles. The van der Waals surface area contributed by atoms with Gasteiger partial charge in [0.25, 0.3) is 0 Å². The Balaban J connectivity index is 1.93. The zero-order valence-electron chi connectivity index (χ0n) is 11.2. The number of nitrogens with one attached hydrogen (secondary N) is 1. The highest BCUT2D eigenvalue weighted by atomic mass is 16.3. The van der Waals surface area contributed by atoms with Gasteiger partial charge in [-0.25, -0.2) is 4.98 Å². The first kappa shape index (κ1) is 12.6. The third-order valence-electron chi connectivity index (χ3n) is 3.41. The van der Waals surface area contributed by atoms with Crippen LogP contribution >= 0.6 is 0 Å². The van der Waals surface area contributed by atoms with Gasteiger partial charge in [-0.05, 0) is 18.1 Å². The minimum absolute atomic E-state index is 0.564. The van der Waals surface area contributed by atoms with Crippen molar-refractivity contribution in [3.63, 3.8) is 0 Å². The Hall–Kier alpha value is -2.39. The Morgan fingerprint density at radius 3 is 2.45 bits per heavy atom. The molecule has 0 fully saturated rings. The van der Waals surface area contributed by atoms with Crippen LogP contribution in [-0.4, -0.2) is 15.1 Å². The number of benzene rings is 2. The Bertz CT molecular complexity index is 704. The molecule has 0 spiro atoms. The van der Waals surface area contributed by atoms with E-state index in [0.29, 0.717) is 5.82 Å². The number of imidazole rings is 1. The van der Waals surface area contributed by atoms with Crippen molar-refractivity contribution in [2.24, 2.45) is 0 Å². The number of hydrogen-bond donors (Lipinski definition) is 2. The van der Waals surface area contributed by atoms with Crippen LogP contribution in [0.25, 0.3) is 11.3 Å². The molecule has 3 rings (SSSR count). The van der Waals surface area contributed by atoms with Crippen LogP contribution < -0.4 is 0 Å². The molecule has 2 aromatic carbocycles. The van der Waals surface area contributed by atoms with Crippen molar-refractivity contribution in [2.45, 2.75) is 13.0 Å². The van der Waals surface area contributed by atoms with Gasteiger partial charge in [0, 0.05) is 5.56 Å². The fourth-order valence-corrected chi connectivity index (χ4v) is 2.28. The average molecular weight is 264 g/mol. The second-order valence-electron chi connectivity index (χ2n) is 4.81. The summed E-state index contributed by atoms with van der Waals surface area (Å²) in [5.41, 5.74) is 4.04. The summed E-state index contributed by atoms with van der Waals surface area (Å²) in [5.74, 6) is 0.564. The first-order valence-corrected chi connectivity index (χ1v) is 6.59. The van der Waals surface area contributed by atoms with Crippen LogP contribution in [0.15, 0.2) is 60.8 Å². The van der Waals surface area contributed by atoms with Gasteiger partial charge in [-0.3, -0.25) is 0 Å². The van der Waals surface area contributed by atoms with Gasteiger partial charge >= 0.3 is 0 Å². The van der Waals surface area contributed by atoms with Gasteiger partial charge in [0.05, 0.1) is 11.9 Å². The summed E-state index contributed by atoms with van der Waals surface area (Å²) in [6.07, 6.45) is 1.04. The lowest BCUT2D eigenvalue weighted by Gasteiger charge is -2.07. The van der Waals surface area contributed by atoms with E-state index in [4.69, 9.17) is 0 Å². The fraction of sp³-hybridized carbons (Fsp3) is 0.118. The van der Waals surface area contributed by atoms with Crippen LogP contribution in [0.3, 0.4) is 0 Å². The van der Waals surface area contributed by atoms with E-state index in [1.165, 1.54) is 5.56 Å². The van der Waals surface area contributed by atoms with Gasteiger partial charge in [-0.15, -0.1) is 0 Å². The van der Waals surface area contributed by atoms with Crippen LogP contribution in [0.5, 0.6) is 0 Å². The highest BCUT2D eigenvalue weighted by Crippen LogP contribution is 2.25. The predicted octanol–water partition coefficient (Wildman–Crippen LogP) is 3.47. The van der Waals surface area contributed by atoms with Gasteiger partial charge in [0.15, 0.2) is 0 Å². The molecular weight excluding hydrogens is 248 g/mol. The molecule has 0 aliphatic rings. The zero-order chi connectivity index (χ0) is 13.9. The Morgan fingerprint density at radius 1 is 1.00 bits per heavy atom. The van der Waals surface area contributed by atoms with Crippen molar-refractivity contribution < 1.29 is 5.11 Å². The molecule has 2 N–H and O–H groups in total. The summed E-state index contributed by atoms with van der Waals surface area (Å²) in [6, 6.07) is 17.6. The van der Waals surface area contributed by atoms with Gasteiger partial charge in [0.1, 0.15) is 11.9 Å². The Morgan fingerprint density at radius 2 is 1.70 bits per heavy atom. The molecule has 0 bridgehead atoms. The van der Waals surface area contributed by atoms with Gasteiger partial charge in [-0.1, -0.05) is 54.6 Å². The second-order valence-corrected chi connectivity index (χ2v) is 4.81. The zero-order valence-corrected chi connectivity index (χ0v) is 11.2. The molecule has 3 heteroatoms. The van der Waals surface area contributed by atoms with E-state index in [-0.39, 0.29) is 0 Å². The SMILES string of the molecule is Cc1ccccc1-c1cnc(C(O)c2ccccc2)[nH]1. The number of aliphatic hydroxyl groups is 1. The summed E-state index contributed by atoms with van der Waals surface area (Å²) >= 11 is 0. The number of rotatable bonds is 3. The highest BCUT2D eigenvalue weighted by Gasteiger charge is 2.14. The van der Waals surface area contributed by atoms with Crippen LogP contribution in [0.2, 0.25) is 0 Å². The average Bonchev–Trinajstić information content (AvgIpc) is 2.97. The number of aliphatic hydroxyl groups excluding tert-OH is 1. The van der Waals surface area contributed by atoms with E-state index < -0.39 is 6.10 Å². The van der Waals surface area contributed by atoms with Crippen molar-refractivity contribution in [2.75, 3.05) is 0 Å². The first-order chi connectivity index (χ1) is 9.75. The van der Waals surface area contributed by atoms with Gasteiger partial charge in [-0.2, -0.15) is 0 Å². The molecule has 3 aromatic rings. The van der Waals surface area contributed by atoms with Crippen molar-refractivity contribution in [1.82, 2.24) is 9.97 Å². The maximum atomic E-state index is 10.3. The molecular formula is C17H16N2O. The van der Waals surface area contributed by atoms with E-state index >= 15 is 0 Å². The molecule has 0 radical (unpaired) electrons. The van der Waals surface area contributed by atoms with E-state index in [9.17, 15) is 5.11 Å². The number of aromatic nitrogens is 2. The lowest BCUT2D eigenvalue weighted by atomic mass is 10.1. The van der Waals surface area contributed by atoms with E-state index in [2.05, 4.69) is 23.0 Å². The number of H-pyrrole nitrogens is 1. The monoisotopic (exact) mass is 264 g/mol. The Kier molecular flexibility index (Phi) is 3.35. The van der Waals surface area contributed by atoms with Gasteiger partial charge < -0.3 is 10.1 Å². The van der Waals surface area contributed by atoms with Crippen molar-refractivity contribution >= 4 is 0 Å². The molecule has 0 aliphatic carbocycles. The van der Waals surface area contributed by atoms with Crippen molar-refractivity contribution in [3.8, 4) is 11.3 Å². The maximum Gasteiger partial charge on any atom is 0.140 e. The number of nitrogens with zero attached hydrogens (tertiary/aromatic N) is 1. The van der Waals surface area contributed by atoms with E-state index in [1.807, 2.05) is 48.5 Å². The maximum absolute atomic E-state index is 10.3. The standard InChI is InChI=1S/C17H16N2O/c1-12-7-5-6-10-14(12)15-11-18-17(19-15)16(20)13-8-3-2-4-9-13/h2-11,16,20H,1H3,(H,18,19). The third-order valence-corrected chi connectivity index (χ3v) is 3.41. The molecule has 0 amide bonds. The van der Waals surface area contributed by atoms with Crippen LogP contribution in [-0.2, 0) is 0 Å². The van der Waals surface area contributed by atoms with Crippen LogP contribution in [0, 0.1) is 6.92 Å². The molecule has 20 heavy (non-hydrogen) atoms. The normalized spacial score (nSPS) is 12.3. The lowest BCUT2D eigenvalue weighted by Crippen LogP contribution is -2.01. The number of aromatic amines is 1. The first-order valence-electron chi connectivity index (χ1n) is 6.59. The smallest absolute Gasteiger partial charge is 0.140 e. The fourth-order valence-electron chi connectivity index (χ4n) is 2.28. The van der Waals surface area contributed by atoms with E-state index in [0.717, 1.165) is 16.8 Å².